The van der Waals surface area contributed by atoms with Gasteiger partial charge in [0.2, 0.25) is 0 Å². The molecule has 4 nitrogen and oxygen atoms in total. The lowest BCUT2D eigenvalue weighted by Gasteiger charge is -2.04. The van der Waals surface area contributed by atoms with E-state index in [1.807, 2.05) is 6.07 Å². The molecule has 4 rings (SSSR count). The van der Waals surface area contributed by atoms with Crippen LogP contribution in [0.15, 0.2) is 24.3 Å². The second kappa shape index (κ2) is 10.5. The van der Waals surface area contributed by atoms with Gasteiger partial charge in [0.25, 0.3) is 0 Å². The Bertz CT molecular complexity index is 1630. The fourth-order valence-electron chi connectivity index (χ4n) is 5.97. The van der Waals surface area contributed by atoms with E-state index >= 15 is 0 Å². The maximum atomic E-state index is 9.00. The number of nitrogens with zero attached hydrogens (tertiary/aromatic N) is 1. The summed E-state index contributed by atoms with van der Waals surface area (Å²) >= 11 is 0. The monoisotopic (exact) mass is 494 g/mol. The van der Waals surface area contributed by atoms with Gasteiger partial charge in [-0.2, -0.15) is 0 Å². The number of H-pyrrole nitrogens is 2. The number of hydrogen-bond acceptors (Lipinski definition) is 2. The van der Waals surface area contributed by atoms with E-state index in [1.54, 1.807) is 0 Å². The highest BCUT2D eigenvalue weighted by molar-refractivity contribution is 5.93. The zero-order valence-electron chi connectivity index (χ0n) is 24.1. The normalized spacial score (nSPS) is 12.4. The maximum Gasteiger partial charge on any atom is 0.0693 e. The number of nitrogens with one attached hydrogen (secondary N) is 3. The van der Waals surface area contributed by atoms with Crippen molar-refractivity contribution in [3.8, 4) is 0 Å². The van der Waals surface area contributed by atoms with Crippen LogP contribution in [0.2, 0.25) is 0 Å². The molecular formula is C33H42N4. The summed E-state index contributed by atoms with van der Waals surface area (Å²) in [5, 5.41) is 9.56. The summed E-state index contributed by atoms with van der Waals surface area (Å²) in [4.78, 5) is 12.5. The molecule has 4 heteroatoms. The predicted molar refractivity (Wildman–Crippen MR) is 159 cm³/mol. The molecule has 3 N–H and O–H groups in total. The van der Waals surface area contributed by atoms with Gasteiger partial charge in [0.05, 0.1) is 16.7 Å². The minimum atomic E-state index is 0.557. The standard InChI is InChI=1S/C33H42N4/c1-10-23-18(5)14-28-20(7)25(12-3)32(35-28)17-30-22(9)26(13-4)33(37-30)16-29-21(8)24(11-2)31(36-29)15-27(34)19(23)6/h14-17,34-36H,10-13H2,1-9H3. The third-order valence-electron chi connectivity index (χ3n) is 8.25. The molecule has 3 aromatic rings. The van der Waals surface area contributed by atoms with Crippen molar-refractivity contribution in [3.63, 3.8) is 0 Å². The highest BCUT2D eigenvalue weighted by Gasteiger charge is 2.17. The summed E-state index contributed by atoms with van der Waals surface area (Å²) in [6.07, 6.45) is 3.69. The molecule has 0 spiro atoms. The van der Waals surface area contributed by atoms with Crippen LogP contribution in [0.3, 0.4) is 0 Å². The zero-order chi connectivity index (χ0) is 27.0. The van der Waals surface area contributed by atoms with Crippen molar-refractivity contribution in [2.24, 2.45) is 0 Å². The van der Waals surface area contributed by atoms with E-state index in [4.69, 9.17) is 10.4 Å². The molecule has 0 fully saturated rings. The molecular weight excluding hydrogens is 452 g/mol. The maximum absolute atomic E-state index is 9.00. The zero-order valence-corrected chi connectivity index (χ0v) is 24.1. The van der Waals surface area contributed by atoms with Crippen molar-refractivity contribution in [1.29, 1.82) is 5.41 Å². The van der Waals surface area contributed by atoms with Crippen molar-refractivity contribution in [3.05, 3.63) is 80.0 Å². The first-order chi connectivity index (χ1) is 17.6. The van der Waals surface area contributed by atoms with E-state index in [1.165, 1.54) is 44.5 Å². The van der Waals surface area contributed by atoms with Crippen molar-refractivity contribution in [1.82, 2.24) is 15.0 Å². The molecule has 0 saturated carbocycles. The molecule has 37 heavy (non-hydrogen) atoms. The second-order valence-corrected chi connectivity index (χ2v) is 10.3. The van der Waals surface area contributed by atoms with Crippen LogP contribution in [0.25, 0.3) is 33.2 Å². The Morgan fingerprint density at radius 1 is 0.595 bits per heavy atom. The smallest absolute Gasteiger partial charge is 0.0693 e. The van der Waals surface area contributed by atoms with Gasteiger partial charge in [-0.1, -0.05) is 27.7 Å². The number of aromatic nitrogens is 3. The number of hydrogen-bond donors (Lipinski definition) is 3. The van der Waals surface area contributed by atoms with Crippen molar-refractivity contribution in [2.75, 3.05) is 0 Å². The summed E-state index contributed by atoms with van der Waals surface area (Å²) in [5.74, 6) is 0. The number of rotatable bonds is 4. The first-order valence-corrected chi connectivity index (χ1v) is 13.7. The summed E-state index contributed by atoms with van der Waals surface area (Å²) in [6, 6.07) is 8.71. The van der Waals surface area contributed by atoms with Gasteiger partial charge in [-0.15, -0.1) is 0 Å². The third-order valence-corrected chi connectivity index (χ3v) is 8.25. The molecule has 3 aromatic heterocycles. The minimum Gasteiger partial charge on any atom is -0.355 e. The molecule has 0 atom stereocenters. The Balaban J connectivity index is 2.29. The molecule has 1 aliphatic rings. The number of aromatic amines is 2. The van der Waals surface area contributed by atoms with E-state index in [2.05, 4.69) is 90.5 Å². The van der Waals surface area contributed by atoms with Crippen LogP contribution in [-0.4, -0.2) is 15.0 Å². The van der Waals surface area contributed by atoms with E-state index in [9.17, 15) is 0 Å². The third kappa shape index (κ3) is 4.70. The number of allylic oxidation sites excluding steroid dienone is 2. The first kappa shape index (κ1) is 26.7. The van der Waals surface area contributed by atoms with Crippen LogP contribution in [-0.2, 0) is 19.3 Å². The van der Waals surface area contributed by atoms with Gasteiger partial charge in [-0.05, 0) is 135 Å². The topological polar surface area (TPSA) is 68.3 Å². The Morgan fingerprint density at radius 3 is 1.65 bits per heavy atom. The van der Waals surface area contributed by atoms with Gasteiger partial charge >= 0.3 is 0 Å². The van der Waals surface area contributed by atoms with Gasteiger partial charge in [0, 0.05) is 22.1 Å². The summed E-state index contributed by atoms with van der Waals surface area (Å²) in [5.41, 5.74) is 17.6. The Hall–Kier alpha value is -3.40. The van der Waals surface area contributed by atoms with Crippen LogP contribution in [0.4, 0.5) is 0 Å². The molecule has 194 valence electrons. The van der Waals surface area contributed by atoms with E-state index in [-0.39, 0.29) is 0 Å². The van der Waals surface area contributed by atoms with E-state index in [0.717, 1.165) is 64.7 Å². The van der Waals surface area contributed by atoms with Crippen molar-refractivity contribution in [2.45, 2.75) is 88.0 Å². The van der Waals surface area contributed by atoms with Gasteiger partial charge < -0.3 is 15.4 Å². The van der Waals surface area contributed by atoms with Gasteiger partial charge in [0.15, 0.2) is 0 Å². The SMILES string of the molecule is CCC1=C(C)c2cc3[nH]c(cc(C)c(CC)c(C)c(=N)cc4[nH]c(cc1n2)c(C)c4CC)c(C)c3CC. The van der Waals surface area contributed by atoms with Crippen LogP contribution >= 0.6 is 0 Å². The largest absolute Gasteiger partial charge is 0.355 e. The quantitative estimate of drug-likeness (QED) is 0.335. The summed E-state index contributed by atoms with van der Waals surface area (Å²) in [7, 11) is 0. The van der Waals surface area contributed by atoms with E-state index < -0.39 is 0 Å². The van der Waals surface area contributed by atoms with Crippen LogP contribution < -0.4 is 5.36 Å². The number of fused-ring (bicyclic) bond motifs is 6. The molecule has 0 unspecified atom stereocenters. The lowest BCUT2D eigenvalue weighted by Crippen LogP contribution is -2.05. The molecule has 6 bridgehead atoms. The van der Waals surface area contributed by atoms with Crippen molar-refractivity contribution >= 4 is 33.2 Å². The highest BCUT2D eigenvalue weighted by Crippen LogP contribution is 2.33. The summed E-state index contributed by atoms with van der Waals surface area (Å²) in [6.45, 7) is 19.6. The molecule has 0 amide bonds. The average Bonchev–Trinajstić information content (AvgIpc) is 3.44. The minimum absolute atomic E-state index is 0.557. The van der Waals surface area contributed by atoms with Gasteiger partial charge in [0.1, 0.15) is 0 Å². The average molecular weight is 495 g/mol. The predicted octanol–water partition coefficient (Wildman–Crippen LogP) is 8.35. The lowest BCUT2D eigenvalue weighted by molar-refractivity contribution is 1.06. The van der Waals surface area contributed by atoms with Crippen LogP contribution in [0, 0.1) is 33.1 Å². The Kier molecular flexibility index (Phi) is 7.59. The Morgan fingerprint density at radius 2 is 1.11 bits per heavy atom. The molecule has 0 aromatic carbocycles. The summed E-state index contributed by atoms with van der Waals surface area (Å²) < 4.78 is 0. The second-order valence-electron chi connectivity index (χ2n) is 10.3. The lowest BCUT2D eigenvalue weighted by atomic mass is 10.0. The highest BCUT2D eigenvalue weighted by atomic mass is 14.8. The van der Waals surface area contributed by atoms with Gasteiger partial charge in [-0.25, -0.2) is 4.98 Å². The first-order valence-electron chi connectivity index (χ1n) is 13.7. The van der Waals surface area contributed by atoms with E-state index in [0.29, 0.717) is 5.36 Å². The van der Waals surface area contributed by atoms with Crippen LogP contribution in [0.5, 0.6) is 0 Å². The van der Waals surface area contributed by atoms with Crippen LogP contribution in [0.1, 0.15) is 91.4 Å². The molecule has 0 radical (unpaired) electrons. The fraction of sp³-hybridized carbons (Fsp3) is 0.394. The van der Waals surface area contributed by atoms with Gasteiger partial charge in [-0.3, -0.25) is 0 Å². The van der Waals surface area contributed by atoms with Crippen molar-refractivity contribution < 1.29 is 0 Å². The molecule has 0 saturated heterocycles. The molecule has 4 heterocycles. The molecule has 1 aliphatic heterocycles. The molecule has 0 aliphatic carbocycles. The Labute approximate surface area is 221 Å². The fourth-order valence-corrected chi connectivity index (χ4v) is 5.97. The number of aryl methyl sites for hydroxylation is 5.